The average molecular weight is 362 g/mol. The number of oxazole rings is 1. The Hall–Kier alpha value is -2.38. The zero-order valence-corrected chi connectivity index (χ0v) is 14.7. The number of piperazine rings is 1. The summed E-state index contributed by atoms with van der Waals surface area (Å²) in [4.78, 5) is 15.2. The summed E-state index contributed by atoms with van der Waals surface area (Å²) in [6, 6.07) is 8.34. The van der Waals surface area contributed by atoms with Crippen molar-refractivity contribution in [2.24, 2.45) is 0 Å². The number of ether oxygens (including phenoxy) is 1. The number of aromatic nitrogens is 3. The highest BCUT2D eigenvalue weighted by molar-refractivity contribution is 5.85. The van der Waals surface area contributed by atoms with Gasteiger partial charge in [-0.3, -0.25) is 4.98 Å². The van der Waals surface area contributed by atoms with Crippen molar-refractivity contribution in [3.05, 3.63) is 42.4 Å². The lowest BCUT2D eigenvalue weighted by molar-refractivity contribution is 0.261. The molecule has 4 rings (SSSR count). The number of nitrogens with zero attached hydrogens (tertiary/aromatic N) is 4. The Bertz CT molecular complexity index is 826. The minimum Gasteiger partial charge on any atom is -0.490 e. The van der Waals surface area contributed by atoms with Crippen molar-refractivity contribution >= 4 is 29.7 Å². The van der Waals surface area contributed by atoms with Gasteiger partial charge in [-0.15, -0.1) is 12.4 Å². The summed E-state index contributed by atoms with van der Waals surface area (Å²) < 4.78 is 11.8. The fraction of sp³-hybridized carbons (Fsp3) is 0.353. The summed E-state index contributed by atoms with van der Waals surface area (Å²) in [5, 5.41) is 3.39. The minimum atomic E-state index is 0. The van der Waals surface area contributed by atoms with Gasteiger partial charge in [0.25, 0.3) is 6.01 Å². The van der Waals surface area contributed by atoms with Crippen molar-refractivity contribution in [3.8, 4) is 5.75 Å². The van der Waals surface area contributed by atoms with Crippen LogP contribution >= 0.6 is 12.4 Å². The highest BCUT2D eigenvalue weighted by Crippen LogP contribution is 2.23. The van der Waals surface area contributed by atoms with Crippen molar-refractivity contribution in [1.82, 2.24) is 20.3 Å². The molecule has 1 fully saturated rings. The molecular formula is C17H20ClN5O2. The molecule has 3 aromatic heterocycles. The lowest BCUT2D eigenvalue weighted by Gasteiger charge is -2.34. The number of hydrogen-bond donors (Lipinski definition) is 1. The molecule has 0 radical (unpaired) electrons. The van der Waals surface area contributed by atoms with Gasteiger partial charge >= 0.3 is 0 Å². The molecule has 1 atom stereocenters. The number of hydrogen-bond acceptors (Lipinski definition) is 7. The smallest absolute Gasteiger partial charge is 0.300 e. The number of halogens is 1. The Morgan fingerprint density at radius 1 is 1.32 bits per heavy atom. The maximum absolute atomic E-state index is 5.90. The van der Waals surface area contributed by atoms with Crippen molar-refractivity contribution in [3.63, 3.8) is 0 Å². The number of fused-ring (bicyclic) bond motifs is 1. The predicted octanol–water partition coefficient (Wildman–Crippen LogP) is 2.21. The molecule has 0 aromatic carbocycles. The van der Waals surface area contributed by atoms with Gasteiger partial charge in [0, 0.05) is 31.5 Å². The third-order valence-electron chi connectivity index (χ3n) is 4.05. The summed E-state index contributed by atoms with van der Waals surface area (Å²) in [7, 11) is 0. The van der Waals surface area contributed by atoms with Crippen LogP contribution in [0.15, 0.2) is 41.1 Å². The van der Waals surface area contributed by atoms with Gasteiger partial charge in [0.1, 0.15) is 12.4 Å². The van der Waals surface area contributed by atoms with Crippen molar-refractivity contribution in [1.29, 1.82) is 0 Å². The average Bonchev–Trinajstić information content (AvgIpc) is 3.04. The number of pyridine rings is 2. The molecule has 1 saturated heterocycles. The minimum absolute atomic E-state index is 0. The van der Waals surface area contributed by atoms with Gasteiger partial charge in [-0.1, -0.05) is 0 Å². The first kappa shape index (κ1) is 17.4. The second kappa shape index (κ2) is 7.67. The number of nitrogens with one attached hydrogen (secondary N) is 1. The third-order valence-corrected chi connectivity index (χ3v) is 4.05. The predicted molar refractivity (Wildman–Crippen MR) is 97.5 cm³/mol. The van der Waals surface area contributed by atoms with E-state index in [1.807, 2.05) is 31.2 Å². The van der Waals surface area contributed by atoms with Crippen molar-refractivity contribution < 1.29 is 9.15 Å². The maximum Gasteiger partial charge on any atom is 0.300 e. The van der Waals surface area contributed by atoms with Crippen LogP contribution in [0.3, 0.4) is 0 Å². The van der Waals surface area contributed by atoms with Crippen LogP contribution < -0.4 is 15.0 Å². The van der Waals surface area contributed by atoms with Crippen LogP contribution in [0.5, 0.6) is 5.75 Å². The topological polar surface area (TPSA) is 76.3 Å². The molecule has 1 aliphatic heterocycles. The lowest BCUT2D eigenvalue weighted by atomic mass is 10.2. The highest BCUT2D eigenvalue weighted by atomic mass is 35.5. The Kier molecular flexibility index (Phi) is 5.35. The molecule has 0 amide bonds. The number of aryl methyl sites for hydroxylation is 1. The molecular weight excluding hydrogens is 342 g/mol. The molecule has 8 heteroatoms. The van der Waals surface area contributed by atoms with E-state index in [0.717, 1.165) is 31.1 Å². The molecule has 1 N–H and O–H groups in total. The first-order valence-electron chi connectivity index (χ1n) is 8.04. The summed E-state index contributed by atoms with van der Waals surface area (Å²) in [6.07, 6.45) is 3.45. The van der Waals surface area contributed by atoms with E-state index < -0.39 is 0 Å². The summed E-state index contributed by atoms with van der Waals surface area (Å²) in [5.74, 6) is 0.762. The highest BCUT2D eigenvalue weighted by Gasteiger charge is 2.27. The molecule has 132 valence electrons. The van der Waals surface area contributed by atoms with Crippen LogP contribution in [-0.2, 0) is 0 Å². The fourth-order valence-corrected chi connectivity index (χ4v) is 2.81. The normalized spacial score (nSPS) is 17.3. The van der Waals surface area contributed by atoms with Gasteiger partial charge in [-0.25, -0.2) is 4.98 Å². The Labute approximate surface area is 151 Å². The van der Waals surface area contributed by atoms with Gasteiger partial charge in [-0.2, -0.15) is 4.98 Å². The van der Waals surface area contributed by atoms with E-state index in [9.17, 15) is 0 Å². The Balaban J connectivity index is 0.00000182. The van der Waals surface area contributed by atoms with Crippen molar-refractivity contribution in [2.75, 3.05) is 31.1 Å². The van der Waals surface area contributed by atoms with E-state index in [2.05, 4.69) is 25.2 Å². The van der Waals surface area contributed by atoms with Crippen LogP contribution in [0.25, 0.3) is 11.2 Å². The van der Waals surface area contributed by atoms with Gasteiger partial charge in [0.05, 0.1) is 12.2 Å². The van der Waals surface area contributed by atoms with Crippen LogP contribution in [0, 0.1) is 6.92 Å². The molecule has 0 aliphatic carbocycles. The lowest BCUT2D eigenvalue weighted by Crippen LogP contribution is -2.54. The molecule has 1 aliphatic rings. The van der Waals surface area contributed by atoms with E-state index in [-0.39, 0.29) is 18.4 Å². The first-order valence-corrected chi connectivity index (χ1v) is 8.04. The summed E-state index contributed by atoms with van der Waals surface area (Å²) >= 11 is 0. The van der Waals surface area contributed by atoms with Crippen LogP contribution in [0.2, 0.25) is 0 Å². The van der Waals surface area contributed by atoms with Crippen LogP contribution in [0.4, 0.5) is 6.01 Å². The van der Waals surface area contributed by atoms with E-state index in [0.29, 0.717) is 23.9 Å². The Morgan fingerprint density at radius 2 is 2.24 bits per heavy atom. The maximum atomic E-state index is 5.90. The van der Waals surface area contributed by atoms with Gasteiger partial charge in [-0.05, 0) is 31.2 Å². The summed E-state index contributed by atoms with van der Waals surface area (Å²) in [6.45, 7) is 4.99. The van der Waals surface area contributed by atoms with Crippen molar-refractivity contribution in [2.45, 2.75) is 13.0 Å². The molecule has 1 unspecified atom stereocenters. The molecule has 0 spiro atoms. The second-order valence-electron chi connectivity index (χ2n) is 5.82. The quantitative estimate of drug-likeness (QED) is 0.763. The molecule has 4 heterocycles. The van der Waals surface area contributed by atoms with E-state index >= 15 is 0 Å². The van der Waals surface area contributed by atoms with E-state index in [1.165, 1.54) is 0 Å². The van der Waals surface area contributed by atoms with Crippen LogP contribution in [0.1, 0.15) is 5.69 Å². The Morgan fingerprint density at radius 3 is 3.08 bits per heavy atom. The monoisotopic (exact) mass is 361 g/mol. The third kappa shape index (κ3) is 3.83. The zero-order valence-electron chi connectivity index (χ0n) is 13.9. The molecule has 0 bridgehead atoms. The molecule has 0 saturated carbocycles. The molecule has 7 nitrogen and oxygen atoms in total. The largest absolute Gasteiger partial charge is 0.490 e. The van der Waals surface area contributed by atoms with E-state index in [4.69, 9.17) is 9.15 Å². The molecule has 3 aromatic rings. The second-order valence-corrected chi connectivity index (χ2v) is 5.82. The first-order chi connectivity index (χ1) is 11.8. The molecule has 25 heavy (non-hydrogen) atoms. The van der Waals surface area contributed by atoms with Gasteiger partial charge < -0.3 is 19.4 Å². The van der Waals surface area contributed by atoms with Gasteiger partial charge in [0.15, 0.2) is 5.58 Å². The fourth-order valence-electron chi connectivity index (χ4n) is 2.81. The van der Waals surface area contributed by atoms with Crippen LogP contribution in [-0.4, -0.2) is 47.2 Å². The summed E-state index contributed by atoms with van der Waals surface area (Å²) in [5.41, 5.74) is 2.29. The number of rotatable bonds is 4. The standard InChI is InChI=1S/C17H19N5O2.ClH/c1-12-4-5-15-16(20-12)21-17(24-15)22-8-7-19-9-13(22)11-23-14-3-2-6-18-10-14;/h2-6,10,13,19H,7-9,11H2,1H3;1H. The zero-order chi connectivity index (χ0) is 16.4. The van der Waals surface area contributed by atoms with E-state index in [1.54, 1.807) is 12.4 Å². The number of anilines is 1. The van der Waals surface area contributed by atoms with Gasteiger partial charge in [0.2, 0.25) is 5.65 Å². The SMILES string of the molecule is Cc1ccc2oc(N3CCNCC3COc3cccnc3)nc2n1.Cl.